The number of carbonyl (C=O) groups is 1. The molecule has 1 amide bonds. The molecule has 1 unspecified atom stereocenters. The van der Waals surface area contributed by atoms with E-state index in [0.717, 1.165) is 35.7 Å². The van der Waals surface area contributed by atoms with Crippen LogP contribution >= 0.6 is 0 Å². The smallest absolute Gasteiger partial charge is 0.272 e. The highest BCUT2D eigenvalue weighted by atomic mass is 16.2. The average Bonchev–Trinajstić information content (AvgIpc) is 3.09. The summed E-state index contributed by atoms with van der Waals surface area (Å²) in [5.74, 6) is -0.155. The highest BCUT2D eigenvalue weighted by molar-refractivity contribution is 6.05. The van der Waals surface area contributed by atoms with Gasteiger partial charge in [-0.15, -0.1) is 0 Å². The molecule has 2 aromatic carbocycles. The maximum absolute atomic E-state index is 13.0. The number of benzene rings is 2. The number of fused-ring (bicyclic) bond motifs is 1. The third kappa shape index (κ3) is 4.35. The van der Waals surface area contributed by atoms with E-state index in [9.17, 15) is 4.79 Å². The van der Waals surface area contributed by atoms with Crippen LogP contribution in [-0.4, -0.2) is 15.7 Å². The summed E-state index contributed by atoms with van der Waals surface area (Å²) >= 11 is 0. The minimum Gasteiger partial charge on any atom is -0.344 e. The number of aryl methyl sites for hydroxylation is 1. The largest absolute Gasteiger partial charge is 0.344 e. The van der Waals surface area contributed by atoms with E-state index in [-0.39, 0.29) is 11.9 Å². The van der Waals surface area contributed by atoms with Crippen LogP contribution < -0.4 is 5.32 Å². The second-order valence-electron chi connectivity index (χ2n) is 6.55. The van der Waals surface area contributed by atoms with E-state index in [1.807, 2.05) is 59.3 Å². The molecule has 1 aromatic heterocycles. The van der Waals surface area contributed by atoms with Gasteiger partial charge in [-0.1, -0.05) is 55.5 Å². The topological polar surface area (TPSA) is 70.7 Å². The fourth-order valence-electron chi connectivity index (χ4n) is 3.26. The van der Waals surface area contributed by atoms with E-state index >= 15 is 0 Å². The summed E-state index contributed by atoms with van der Waals surface area (Å²) in [6.07, 6.45) is 3.05. The van der Waals surface area contributed by atoms with E-state index in [1.54, 1.807) is 0 Å². The molecule has 3 aromatic rings. The molecule has 1 heterocycles. The van der Waals surface area contributed by atoms with E-state index in [0.29, 0.717) is 18.7 Å². The van der Waals surface area contributed by atoms with Gasteiger partial charge in [0, 0.05) is 18.4 Å². The van der Waals surface area contributed by atoms with Gasteiger partial charge in [0.05, 0.1) is 17.6 Å². The molecular weight excluding hydrogens is 336 g/mol. The maximum Gasteiger partial charge on any atom is 0.272 e. The molecule has 138 valence electrons. The van der Waals surface area contributed by atoms with Crippen LogP contribution in [0.25, 0.3) is 10.9 Å². The van der Waals surface area contributed by atoms with Crippen molar-refractivity contribution in [3.05, 3.63) is 65.9 Å². The lowest BCUT2D eigenvalue weighted by molar-refractivity contribution is 0.0931. The Hall–Kier alpha value is -3.13. The highest BCUT2D eigenvalue weighted by Gasteiger charge is 2.20. The molecule has 0 aliphatic heterocycles. The van der Waals surface area contributed by atoms with E-state index in [4.69, 9.17) is 5.26 Å². The van der Waals surface area contributed by atoms with Crippen LogP contribution in [-0.2, 0) is 6.54 Å². The van der Waals surface area contributed by atoms with Gasteiger partial charge in [0.2, 0.25) is 0 Å². The van der Waals surface area contributed by atoms with Gasteiger partial charge in [0.15, 0.2) is 5.69 Å². The summed E-state index contributed by atoms with van der Waals surface area (Å²) in [4.78, 5) is 13.0. The number of hydrogen-bond acceptors (Lipinski definition) is 3. The van der Waals surface area contributed by atoms with Gasteiger partial charge in [0.25, 0.3) is 5.91 Å². The molecular formula is C22H24N4O. The van der Waals surface area contributed by atoms with Crippen molar-refractivity contribution >= 4 is 16.8 Å². The molecule has 1 atom stereocenters. The fraction of sp³-hybridized carbons (Fsp3) is 0.318. The summed E-state index contributed by atoms with van der Waals surface area (Å²) in [6, 6.07) is 19.9. The van der Waals surface area contributed by atoms with Gasteiger partial charge in [-0.25, -0.2) is 0 Å². The van der Waals surface area contributed by atoms with E-state index < -0.39 is 0 Å². The first kappa shape index (κ1) is 18.7. The van der Waals surface area contributed by atoms with Gasteiger partial charge in [-0.3, -0.25) is 9.48 Å². The molecule has 27 heavy (non-hydrogen) atoms. The zero-order valence-corrected chi connectivity index (χ0v) is 15.6. The Bertz CT molecular complexity index is 940. The zero-order chi connectivity index (χ0) is 19.1. The standard InChI is InChI=1S/C22H24N4O/c1-2-19(17-11-5-3-6-12-17)24-22(27)21-18-13-7-8-14-20(18)26(25-21)16-10-4-9-15-23/h3,5-8,11-14,19H,2,4,9-10,16H2,1H3,(H,24,27). The summed E-state index contributed by atoms with van der Waals surface area (Å²) in [5.41, 5.74) is 2.50. The number of nitrogens with zero attached hydrogens (tertiary/aromatic N) is 3. The third-order valence-corrected chi connectivity index (χ3v) is 4.70. The summed E-state index contributed by atoms with van der Waals surface area (Å²) in [6.45, 7) is 2.76. The lowest BCUT2D eigenvalue weighted by Crippen LogP contribution is -2.28. The van der Waals surface area contributed by atoms with Crippen molar-refractivity contribution < 1.29 is 4.79 Å². The minimum absolute atomic E-state index is 0.0433. The van der Waals surface area contributed by atoms with E-state index in [2.05, 4.69) is 23.4 Å². The van der Waals surface area contributed by atoms with Crippen LogP contribution in [0.2, 0.25) is 0 Å². The molecule has 0 saturated heterocycles. The molecule has 0 aliphatic rings. The van der Waals surface area contributed by atoms with E-state index in [1.165, 1.54) is 0 Å². The summed E-state index contributed by atoms with van der Waals surface area (Å²) in [5, 5.41) is 17.3. The van der Waals surface area contributed by atoms with Crippen LogP contribution in [0, 0.1) is 11.3 Å². The minimum atomic E-state index is -0.155. The average molecular weight is 360 g/mol. The van der Waals surface area contributed by atoms with Gasteiger partial charge in [-0.2, -0.15) is 10.4 Å². The van der Waals surface area contributed by atoms with Gasteiger partial charge in [-0.05, 0) is 30.9 Å². The van der Waals surface area contributed by atoms with Crippen LogP contribution in [0.15, 0.2) is 54.6 Å². The molecule has 1 N–H and O–H groups in total. The molecule has 0 radical (unpaired) electrons. The first-order valence-electron chi connectivity index (χ1n) is 9.43. The lowest BCUT2D eigenvalue weighted by atomic mass is 10.0. The Morgan fingerprint density at radius 2 is 1.89 bits per heavy atom. The highest BCUT2D eigenvalue weighted by Crippen LogP contribution is 2.21. The molecule has 0 aliphatic carbocycles. The Labute approximate surface area is 159 Å². The molecule has 5 nitrogen and oxygen atoms in total. The van der Waals surface area contributed by atoms with Crippen molar-refractivity contribution in [1.29, 1.82) is 5.26 Å². The first-order valence-corrected chi connectivity index (χ1v) is 9.43. The quantitative estimate of drug-likeness (QED) is 0.596. The maximum atomic E-state index is 13.0. The monoisotopic (exact) mass is 360 g/mol. The predicted molar refractivity (Wildman–Crippen MR) is 106 cm³/mol. The van der Waals surface area contributed by atoms with Gasteiger partial charge < -0.3 is 5.32 Å². The third-order valence-electron chi connectivity index (χ3n) is 4.70. The molecule has 5 heteroatoms. The first-order chi connectivity index (χ1) is 13.2. The van der Waals surface area contributed by atoms with Crippen molar-refractivity contribution in [2.75, 3.05) is 0 Å². The fourth-order valence-corrected chi connectivity index (χ4v) is 3.26. The van der Waals surface area contributed by atoms with Crippen LogP contribution in [0.3, 0.4) is 0 Å². The number of rotatable bonds is 8. The molecule has 0 spiro atoms. The van der Waals surface area contributed by atoms with Crippen LogP contribution in [0.4, 0.5) is 0 Å². The van der Waals surface area contributed by atoms with Crippen molar-refractivity contribution in [3.8, 4) is 6.07 Å². The Balaban J connectivity index is 1.83. The van der Waals surface area contributed by atoms with Crippen molar-refractivity contribution in [2.45, 2.75) is 45.2 Å². The van der Waals surface area contributed by atoms with Crippen molar-refractivity contribution in [2.24, 2.45) is 0 Å². The van der Waals surface area contributed by atoms with Crippen molar-refractivity contribution in [1.82, 2.24) is 15.1 Å². The van der Waals surface area contributed by atoms with Gasteiger partial charge in [0.1, 0.15) is 0 Å². The van der Waals surface area contributed by atoms with Gasteiger partial charge >= 0.3 is 0 Å². The molecule has 3 rings (SSSR count). The number of aromatic nitrogens is 2. The van der Waals surface area contributed by atoms with Crippen LogP contribution in [0.1, 0.15) is 54.7 Å². The lowest BCUT2D eigenvalue weighted by Gasteiger charge is -2.16. The number of amides is 1. The Morgan fingerprint density at radius 3 is 2.63 bits per heavy atom. The van der Waals surface area contributed by atoms with Crippen LogP contribution in [0.5, 0.6) is 0 Å². The summed E-state index contributed by atoms with van der Waals surface area (Å²) in [7, 11) is 0. The number of carbonyl (C=O) groups excluding carboxylic acids is 1. The predicted octanol–water partition coefficient (Wildman–Crippen LogP) is 4.61. The van der Waals surface area contributed by atoms with Crippen molar-refractivity contribution in [3.63, 3.8) is 0 Å². The molecule has 0 saturated carbocycles. The molecule has 0 fully saturated rings. The number of hydrogen-bond donors (Lipinski definition) is 1. The summed E-state index contributed by atoms with van der Waals surface area (Å²) < 4.78 is 1.88. The normalized spacial score (nSPS) is 11.9. The Morgan fingerprint density at radius 1 is 1.15 bits per heavy atom. The zero-order valence-electron chi connectivity index (χ0n) is 15.6. The molecule has 0 bridgehead atoms. The number of nitriles is 1. The number of unbranched alkanes of at least 4 members (excludes halogenated alkanes) is 2. The SMILES string of the molecule is CCC(NC(=O)c1nn(CCCCC#N)c2ccccc12)c1ccccc1. The number of nitrogens with one attached hydrogen (secondary N) is 1. The number of para-hydroxylation sites is 1. The Kier molecular flexibility index (Phi) is 6.22. The second-order valence-corrected chi connectivity index (χ2v) is 6.55. The second kappa shape index (κ2) is 9.00.